The third-order valence-electron chi connectivity index (χ3n) is 1.62. The number of nitrogens with two attached hydrogens (primary N) is 1. The van der Waals surface area contributed by atoms with E-state index in [1.54, 1.807) is 13.8 Å². The first kappa shape index (κ1) is 11.8. The zero-order chi connectivity index (χ0) is 11.6. The second kappa shape index (κ2) is 4.08. The van der Waals surface area contributed by atoms with Gasteiger partial charge >= 0.3 is 0 Å². The van der Waals surface area contributed by atoms with Gasteiger partial charge in [0.1, 0.15) is 0 Å². The van der Waals surface area contributed by atoms with Gasteiger partial charge in [-0.15, -0.1) is 0 Å². The zero-order valence-electron chi connectivity index (χ0n) is 8.47. The number of phenolic OH excluding ortho intramolecular Hbond substituents is 1. The lowest BCUT2D eigenvalue weighted by atomic mass is 10.3. The Bertz CT molecular complexity index is 453. The molecule has 1 rings (SSSR count). The predicted octanol–water partition coefficient (Wildman–Crippen LogP) is 0.827. The number of hydrogen-bond donors (Lipinski definition) is 2. The highest BCUT2D eigenvalue weighted by molar-refractivity contribution is 7.89. The van der Waals surface area contributed by atoms with Crippen LogP contribution in [0.3, 0.4) is 0 Å². The monoisotopic (exact) mass is 231 g/mol. The number of ether oxygens (including phenoxy) is 1. The van der Waals surface area contributed by atoms with E-state index in [0.29, 0.717) is 0 Å². The molecule has 0 aliphatic heterocycles. The van der Waals surface area contributed by atoms with E-state index in [2.05, 4.69) is 0 Å². The minimum atomic E-state index is -3.77. The molecule has 0 aliphatic rings. The molecule has 0 amide bonds. The predicted molar refractivity (Wildman–Crippen MR) is 55.2 cm³/mol. The van der Waals surface area contributed by atoms with Gasteiger partial charge in [0.2, 0.25) is 10.0 Å². The molecular weight excluding hydrogens is 218 g/mol. The van der Waals surface area contributed by atoms with Crippen LogP contribution in [0.2, 0.25) is 0 Å². The Hall–Kier alpha value is -1.27. The number of primary sulfonamides is 1. The number of sulfonamides is 1. The third kappa shape index (κ3) is 3.10. The largest absolute Gasteiger partial charge is 0.504 e. The molecule has 1 aromatic rings. The van der Waals surface area contributed by atoms with Crippen molar-refractivity contribution in [1.82, 2.24) is 0 Å². The van der Waals surface area contributed by atoms with Crippen molar-refractivity contribution in [2.45, 2.75) is 24.8 Å². The summed E-state index contributed by atoms with van der Waals surface area (Å²) in [5, 5.41) is 14.3. The maximum Gasteiger partial charge on any atom is 0.238 e. The van der Waals surface area contributed by atoms with E-state index < -0.39 is 10.0 Å². The number of hydrogen-bond acceptors (Lipinski definition) is 4. The fraction of sp³-hybridized carbons (Fsp3) is 0.333. The Balaban J connectivity index is 3.17. The van der Waals surface area contributed by atoms with Crippen molar-refractivity contribution < 1.29 is 18.3 Å². The molecule has 6 heteroatoms. The second-order valence-electron chi connectivity index (χ2n) is 3.34. The van der Waals surface area contributed by atoms with Crippen LogP contribution in [-0.2, 0) is 10.0 Å². The van der Waals surface area contributed by atoms with Crippen molar-refractivity contribution in [2.24, 2.45) is 5.14 Å². The fourth-order valence-electron chi connectivity index (χ4n) is 1.02. The number of aromatic hydroxyl groups is 1. The van der Waals surface area contributed by atoms with E-state index in [0.717, 1.165) is 0 Å². The van der Waals surface area contributed by atoms with Crippen molar-refractivity contribution in [3.8, 4) is 11.5 Å². The van der Waals surface area contributed by atoms with Gasteiger partial charge < -0.3 is 9.84 Å². The average Bonchev–Trinajstić information content (AvgIpc) is 2.06. The van der Waals surface area contributed by atoms with Gasteiger partial charge in [-0.2, -0.15) is 0 Å². The molecule has 0 fully saturated rings. The summed E-state index contributed by atoms with van der Waals surface area (Å²) in [6, 6.07) is 3.65. The lowest BCUT2D eigenvalue weighted by Gasteiger charge is -2.11. The molecule has 0 atom stereocenters. The molecule has 5 nitrogen and oxygen atoms in total. The van der Waals surface area contributed by atoms with Gasteiger partial charge in [0, 0.05) is 6.07 Å². The van der Waals surface area contributed by atoms with Gasteiger partial charge in [0.25, 0.3) is 0 Å². The van der Waals surface area contributed by atoms with Crippen molar-refractivity contribution in [3.05, 3.63) is 18.2 Å². The maximum absolute atomic E-state index is 11.0. The Morgan fingerprint density at radius 2 is 2.00 bits per heavy atom. The highest BCUT2D eigenvalue weighted by atomic mass is 32.2. The molecular formula is C9H13NO4S. The van der Waals surface area contributed by atoms with Gasteiger partial charge in [0.05, 0.1) is 11.0 Å². The SMILES string of the molecule is CC(C)Oc1cc(S(N)(=O)=O)ccc1O. The molecule has 84 valence electrons. The quantitative estimate of drug-likeness (QED) is 0.806. The maximum atomic E-state index is 11.0. The van der Waals surface area contributed by atoms with Gasteiger partial charge in [-0.1, -0.05) is 0 Å². The number of benzene rings is 1. The first-order chi connectivity index (χ1) is 6.80. The molecule has 0 radical (unpaired) electrons. The van der Waals surface area contributed by atoms with Crippen LogP contribution < -0.4 is 9.88 Å². The first-order valence-corrected chi connectivity index (χ1v) is 5.88. The standard InChI is InChI=1S/C9H13NO4S/c1-6(2)14-9-5-7(15(10,12)13)3-4-8(9)11/h3-6,11H,1-2H3,(H2,10,12,13). The summed E-state index contributed by atoms with van der Waals surface area (Å²) in [7, 11) is -3.77. The van der Waals surface area contributed by atoms with Crippen LogP contribution in [0.4, 0.5) is 0 Å². The van der Waals surface area contributed by atoms with E-state index >= 15 is 0 Å². The number of rotatable bonds is 3. The molecule has 0 aliphatic carbocycles. The third-order valence-corrected chi connectivity index (χ3v) is 2.53. The normalized spacial score (nSPS) is 11.7. The van der Waals surface area contributed by atoms with Crippen molar-refractivity contribution in [3.63, 3.8) is 0 Å². The Morgan fingerprint density at radius 1 is 1.40 bits per heavy atom. The summed E-state index contributed by atoms with van der Waals surface area (Å²) in [6.45, 7) is 3.53. The molecule has 0 spiro atoms. The number of phenols is 1. The summed E-state index contributed by atoms with van der Waals surface area (Å²) in [4.78, 5) is -0.0871. The van der Waals surface area contributed by atoms with Crippen LogP contribution in [0.25, 0.3) is 0 Å². The van der Waals surface area contributed by atoms with Crippen LogP contribution in [0, 0.1) is 0 Å². The van der Waals surface area contributed by atoms with E-state index in [-0.39, 0.29) is 22.5 Å². The van der Waals surface area contributed by atoms with Crippen LogP contribution in [0.5, 0.6) is 11.5 Å². The molecule has 1 aromatic carbocycles. The average molecular weight is 231 g/mol. The first-order valence-electron chi connectivity index (χ1n) is 4.33. The lowest BCUT2D eigenvalue weighted by molar-refractivity contribution is 0.231. The van der Waals surface area contributed by atoms with Crippen LogP contribution >= 0.6 is 0 Å². The van der Waals surface area contributed by atoms with Gasteiger partial charge in [-0.25, -0.2) is 13.6 Å². The van der Waals surface area contributed by atoms with Crippen LogP contribution in [0.1, 0.15) is 13.8 Å². The molecule has 3 N–H and O–H groups in total. The summed E-state index contributed by atoms with van der Waals surface area (Å²) >= 11 is 0. The Labute approximate surface area is 88.5 Å². The fourth-order valence-corrected chi connectivity index (χ4v) is 1.55. The molecule has 0 heterocycles. The summed E-state index contributed by atoms with van der Waals surface area (Å²) in [5.74, 6) is -0.00683. The Kier molecular flexibility index (Phi) is 3.21. The summed E-state index contributed by atoms with van der Waals surface area (Å²) < 4.78 is 27.3. The van der Waals surface area contributed by atoms with Gasteiger partial charge in [-0.05, 0) is 26.0 Å². The molecule has 0 unspecified atom stereocenters. The lowest BCUT2D eigenvalue weighted by Crippen LogP contribution is -2.13. The summed E-state index contributed by atoms with van der Waals surface area (Å²) in [6.07, 6.45) is -0.161. The van der Waals surface area contributed by atoms with Crippen molar-refractivity contribution >= 4 is 10.0 Å². The molecule has 0 saturated heterocycles. The van der Waals surface area contributed by atoms with Gasteiger partial charge in [-0.3, -0.25) is 0 Å². The smallest absolute Gasteiger partial charge is 0.238 e. The molecule has 15 heavy (non-hydrogen) atoms. The van der Waals surface area contributed by atoms with Crippen molar-refractivity contribution in [1.29, 1.82) is 0 Å². The van der Waals surface area contributed by atoms with Crippen LogP contribution in [0.15, 0.2) is 23.1 Å². The van der Waals surface area contributed by atoms with E-state index in [1.165, 1.54) is 18.2 Å². The van der Waals surface area contributed by atoms with E-state index in [4.69, 9.17) is 9.88 Å². The molecule has 0 aromatic heterocycles. The van der Waals surface area contributed by atoms with E-state index in [9.17, 15) is 13.5 Å². The molecule has 0 saturated carbocycles. The highest BCUT2D eigenvalue weighted by Gasteiger charge is 2.12. The van der Waals surface area contributed by atoms with Gasteiger partial charge in [0.15, 0.2) is 11.5 Å². The topological polar surface area (TPSA) is 89.6 Å². The van der Waals surface area contributed by atoms with E-state index in [1.807, 2.05) is 0 Å². The zero-order valence-corrected chi connectivity index (χ0v) is 9.28. The minimum Gasteiger partial charge on any atom is -0.504 e. The van der Waals surface area contributed by atoms with Crippen LogP contribution in [-0.4, -0.2) is 19.6 Å². The summed E-state index contributed by atoms with van der Waals surface area (Å²) in [5.41, 5.74) is 0. The van der Waals surface area contributed by atoms with Crippen molar-refractivity contribution in [2.75, 3.05) is 0 Å². The Morgan fingerprint density at radius 3 is 2.47 bits per heavy atom. The second-order valence-corrected chi connectivity index (χ2v) is 4.90. The minimum absolute atomic E-state index is 0.0871. The highest BCUT2D eigenvalue weighted by Crippen LogP contribution is 2.28. The molecule has 0 bridgehead atoms.